The van der Waals surface area contributed by atoms with Gasteiger partial charge < -0.3 is 20.1 Å². The van der Waals surface area contributed by atoms with Crippen LogP contribution in [0, 0.1) is 0 Å². The summed E-state index contributed by atoms with van der Waals surface area (Å²) in [6, 6.07) is 10.8. The first-order chi connectivity index (χ1) is 13.2. The van der Waals surface area contributed by atoms with Crippen LogP contribution >= 0.6 is 27.5 Å². The zero-order valence-electron chi connectivity index (χ0n) is 16.6. The third-order valence-corrected chi connectivity index (χ3v) is 4.93. The Balaban J connectivity index is 1.76. The molecule has 0 aliphatic carbocycles. The van der Waals surface area contributed by atoms with Crippen LogP contribution in [0.4, 0.5) is 10.5 Å². The van der Waals surface area contributed by atoms with E-state index in [9.17, 15) is 4.79 Å². The Bertz CT molecular complexity index is 822. The molecule has 0 heterocycles. The SMILES string of the molecule is COc1ccc(Cl)cc1NC(=O)NCCCOc1ccc(C(C)(C)C)cc1Br. The van der Waals surface area contributed by atoms with Gasteiger partial charge >= 0.3 is 6.03 Å². The molecule has 2 aromatic rings. The number of benzene rings is 2. The first kappa shape index (κ1) is 22.4. The molecule has 152 valence electrons. The number of methoxy groups -OCH3 is 1. The normalized spacial score (nSPS) is 11.1. The van der Waals surface area contributed by atoms with E-state index in [1.807, 2.05) is 6.07 Å². The lowest BCUT2D eigenvalue weighted by Gasteiger charge is -2.20. The zero-order valence-corrected chi connectivity index (χ0v) is 18.9. The van der Waals surface area contributed by atoms with Gasteiger partial charge in [-0.15, -0.1) is 0 Å². The average molecular weight is 470 g/mol. The number of hydrogen-bond acceptors (Lipinski definition) is 3. The van der Waals surface area contributed by atoms with Crippen molar-refractivity contribution in [1.82, 2.24) is 5.32 Å². The third-order valence-electron chi connectivity index (χ3n) is 4.07. The van der Waals surface area contributed by atoms with Crippen LogP contribution in [0.1, 0.15) is 32.8 Å². The molecule has 5 nitrogen and oxygen atoms in total. The van der Waals surface area contributed by atoms with Crippen LogP contribution in [0.15, 0.2) is 40.9 Å². The first-order valence-electron chi connectivity index (χ1n) is 9.02. The second kappa shape index (κ2) is 10.0. The maximum atomic E-state index is 12.0. The molecular formula is C21H26BrClN2O3. The third kappa shape index (κ3) is 6.60. The molecule has 0 fully saturated rings. The van der Waals surface area contributed by atoms with Gasteiger partial charge in [0.05, 0.1) is 23.9 Å². The van der Waals surface area contributed by atoms with E-state index in [-0.39, 0.29) is 11.4 Å². The fourth-order valence-corrected chi connectivity index (χ4v) is 3.15. The molecule has 2 rings (SSSR count). The Kier molecular flexibility index (Phi) is 8.01. The monoisotopic (exact) mass is 468 g/mol. The summed E-state index contributed by atoms with van der Waals surface area (Å²) in [4.78, 5) is 12.0. The molecule has 2 N–H and O–H groups in total. The molecule has 28 heavy (non-hydrogen) atoms. The van der Waals surface area contributed by atoms with Crippen LogP contribution in [0.5, 0.6) is 11.5 Å². The van der Waals surface area contributed by atoms with Crippen LogP contribution in [0.3, 0.4) is 0 Å². The Hall–Kier alpha value is -1.92. The van der Waals surface area contributed by atoms with Crippen LogP contribution in [0.2, 0.25) is 5.02 Å². The Morgan fingerprint density at radius 2 is 1.86 bits per heavy atom. The van der Waals surface area contributed by atoms with Gasteiger partial charge in [-0.25, -0.2) is 4.79 Å². The van der Waals surface area contributed by atoms with Gasteiger partial charge in [-0.3, -0.25) is 0 Å². The maximum absolute atomic E-state index is 12.0. The van der Waals surface area contributed by atoms with Gasteiger partial charge in [-0.2, -0.15) is 0 Å². The summed E-state index contributed by atoms with van der Waals surface area (Å²) in [5.74, 6) is 1.34. The van der Waals surface area contributed by atoms with E-state index in [4.69, 9.17) is 21.1 Å². The number of rotatable bonds is 7. The molecule has 0 saturated heterocycles. The van der Waals surface area contributed by atoms with Gasteiger partial charge in [0.1, 0.15) is 11.5 Å². The number of nitrogens with one attached hydrogen (secondary N) is 2. The summed E-state index contributed by atoms with van der Waals surface area (Å²) in [5.41, 5.74) is 1.84. The largest absolute Gasteiger partial charge is 0.495 e. The second-order valence-electron chi connectivity index (χ2n) is 7.32. The van der Waals surface area contributed by atoms with Crippen LogP contribution in [-0.4, -0.2) is 26.3 Å². The number of amides is 2. The minimum atomic E-state index is -0.323. The Labute approximate surface area is 179 Å². The highest BCUT2D eigenvalue weighted by Crippen LogP contribution is 2.31. The summed E-state index contributed by atoms with van der Waals surface area (Å²) in [6.07, 6.45) is 0.674. The molecule has 0 aromatic heterocycles. The van der Waals surface area contributed by atoms with Crippen molar-refractivity contribution in [2.75, 3.05) is 25.6 Å². The molecule has 0 unspecified atom stereocenters. The highest BCUT2D eigenvalue weighted by Gasteiger charge is 2.15. The van der Waals surface area contributed by atoms with Crippen molar-refractivity contribution in [2.24, 2.45) is 0 Å². The van der Waals surface area contributed by atoms with Gasteiger partial charge in [0.15, 0.2) is 0 Å². The number of anilines is 1. The molecule has 2 aromatic carbocycles. The fourth-order valence-electron chi connectivity index (χ4n) is 2.49. The van der Waals surface area contributed by atoms with Crippen LogP contribution < -0.4 is 20.1 Å². The average Bonchev–Trinajstić information content (AvgIpc) is 2.62. The summed E-state index contributed by atoms with van der Waals surface area (Å²) in [7, 11) is 1.54. The number of ether oxygens (including phenoxy) is 2. The van der Waals surface area contributed by atoms with E-state index in [0.29, 0.717) is 36.0 Å². The maximum Gasteiger partial charge on any atom is 0.319 e. The van der Waals surface area contributed by atoms with Gasteiger partial charge in [0, 0.05) is 11.6 Å². The highest BCUT2D eigenvalue weighted by atomic mass is 79.9. The number of carbonyl (C=O) groups is 1. The van der Waals surface area contributed by atoms with Gasteiger partial charge in [-0.1, -0.05) is 38.4 Å². The number of hydrogen-bond donors (Lipinski definition) is 2. The molecule has 0 spiro atoms. The van der Waals surface area contributed by atoms with Crippen molar-refractivity contribution in [2.45, 2.75) is 32.6 Å². The molecule has 0 saturated carbocycles. The number of carbonyl (C=O) groups excluding carboxylic acids is 1. The summed E-state index contributed by atoms with van der Waals surface area (Å²) in [6.45, 7) is 7.49. The van der Waals surface area contributed by atoms with E-state index >= 15 is 0 Å². The Morgan fingerprint density at radius 3 is 2.50 bits per heavy atom. The van der Waals surface area contributed by atoms with E-state index in [2.05, 4.69) is 59.5 Å². The lowest BCUT2D eigenvalue weighted by Crippen LogP contribution is -2.30. The summed E-state index contributed by atoms with van der Waals surface area (Å²) < 4.78 is 11.9. The summed E-state index contributed by atoms with van der Waals surface area (Å²) >= 11 is 9.52. The molecule has 0 aliphatic heterocycles. The molecule has 0 radical (unpaired) electrons. The van der Waals surface area contributed by atoms with Crippen molar-refractivity contribution in [3.63, 3.8) is 0 Å². The molecule has 2 amide bonds. The smallest absolute Gasteiger partial charge is 0.319 e. The van der Waals surface area contributed by atoms with E-state index in [0.717, 1.165) is 10.2 Å². The van der Waals surface area contributed by atoms with Crippen LogP contribution in [0.25, 0.3) is 0 Å². The molecule has 0 atom stereocenters. The Morgan fingerprint density at radius 1 is 1.14 bits per heavy atom. The molecule has 0 bridgehead atoms. The molecule has 7 heteroatoms. The van der Waals surface area contributed by atoms with E-state index < -0.39 is 0 Å². The van der Waals surface area contributed by atoms with Crippen molar-refractivity contribution in [3.8, 4) is 11.5 Å². The van der Waals surface area contributed by atoms with Crippen molar-refractivity contribution in [1.29, 1.82) is 0 Å². The molecule has 0 aliphatic rings. The standard InChI is InChI=1S/C21H26BrClN2O3/c1-21(2,3)14-6-8-18(16(22)12-14)28-11-5-10-24-20(26)25-17-13-15(23)7-9-19(17)27-4/h6-9,12-13H,5,10-11H2,1-4H3,(H2,24,25,26). The van der Waals surface area contributed by atoms with Crippen molar-refractivity contribution in [3.05, 3.63) is 51.5 Å². The van der Waals surface area contributed by atoms with E-state index in [1.54, 1.807) is 18.2 Å². The minimum absolute atomic E-state index is 0.0873. The fraction of sp³-hybridized carbons (Fsp3) is 0.381. The predicted octanol–water partition coefficient (Wildman–Crippen LogP) is 6.00. The van der Waals surface area contributed by atoms with Crippen molar-refractivity contribution < 1.29 is 14.3 Å². The van der Waals surface area contributed by atoms with Gasteiger partial charge in [0.25, 0.3) is 0 Å². The summed E-state index contributed by atoms with van der Waals surface area (Å²) in [5, 5.41) is 6.04. The van der Waals surface area contributed by atoms with Gasteiger partial charge in [-0.05, 0) is 63.7 Å². The highest BCUT2D eigenvalue weighted by molar-refractivity contribution is 9.10. The van der Waals surface area contributed by atoms with Crippen molar-refractivity contribution >= 4 is 39.2 Å². The van der Waals surface area contributed by atoms with E-state index in [1.165, 1.54) is 12.7 Å². The zero-order chi connectivity index (χ0) is 20.7. The lowest BCUT2D eigenvalue weighted by molar-refractivity contribution is 0.250. The molecular weight excluding hydrogens is 444 g/mol. The first-order valence-corrected chi connectivity index (χ1v) is 10.2. The van der Waals surface area contributed by atoms with Crippen LogP contribution in [-0.2, 0) is 5.41 Å². The second-order valence-corrected chi connectivity index (χ2v) is 8.61. The number of halogens is 2. The minimum Gasteiger partial charge on any atom is -0.495 e. The predicted molar refractivity (Wildman–Crippen MR) is 118 cm³/mol. The van der Waals surface area contributed by atoms with Gasteiger partial charge in [0.2, 0.25) is 0 Å². The number of urea groups is 1. The lowest BCUT2D eigenvalue weighted by atomic mass is 9.87. The quantitative estimate of drug-likeness (QED) is 0.489. The topological polar surface area (TPSA) is 59.6 Å².